The monoisotopic (exact) mass is 383 g/mol. The van der Waals surface area contributed by atoms with Gasteiger partial charge in [0, 0.05) is 39.6 Å². The van der Waals surface area contributed by atoms with Gasteiger partial charge in [-0.2, -0.15) is 17.0 Å². The van der Waals surface area contributed by atoms with Crippen LogP contribution in [0.5, 0.6) is 5.75 Å². The first-order valence-corrected chi connectivity index (χ1v) is 10.3. The molecule has 0 bridgehead atoms. The summed E-state index contributed by atoms with van der Waals surface area (Å²) in [6, 6.07) is 7.93. The Morgan fingerprint density at radius 3 is 2.38 bits per heavy atom. The van der Waals surface area contributed by atoms with Crippen LogP contribution in [0.3, 0.4) is 0 Å². The largest absolute Gasteiger partial charge is 0.497 e. The molecule has 0 unspecified atom stereocenters. The maximum absolute atomic E-state index is 12.3. The summed E-state index contributed by atoms with van der Waals surface area (Å²) >= 11 is 0. The molecule has 1 aromatic carbocycles. The van der Waals surface area contributed by atoms with Crippen molar-refractivity contribution in [2.24, 2.45) is 5.92 Å². The van der Waals surface area contributed by atoms with Gasteiger partial charge < -0.3 is 10.1 Å². The van der Waals surface area contributed by atoms with Gasteiger partial charge in [-0.05, 0) is 43.4 Å². The second-order valence-corrected chi connectivity index (χ2v) is 8.85. The number of hydrogen-bond donors (Lipinski definition) is 1. The van der Waals surface area contributed by atoms with Crippen LogP contribution in [0.1, 0.15) is 24.8 Å². The average molecular weight is 384 g/mol. The van der Waals surface area contributed by atoms with E-state index in [1.807, 2.05) is 24.3 Å². The Morgan fingerprint density at radius 2 is 1.85 bits per heavy atom. The normalized spacial score (nSPS) is 16.6. The van der Waals surface area contributed by atoms with Gasteiger partial charge >= 0.3 is 0 Å². The number of ether oxygens (including phenoxy) is 1. The van der Waals surface area contributed by atoms with E-state index in [-0.39, 0.29) is 11.8 Å². The number of methoxy groups -OCH3 is 1. The number of piperidine rings is 1. The minimum Gasteiger partial charge on any atom is -0.497 e. The van der Waals surface area contributed by atoms with E-state index in [4.69, 9.17) is 4.74 Å². The Labute approximate surface area is 156 Å². The first-order valence-electron chi connectivity index (χ1n) is 8.93. The number of benzene rings is 1. The maximum Gasteiger partial charge on any atom is 0.281 e. The molecule has 1 saturated heterocycles. The number of amides is 1. The van der Waals surface area contributed by atoms with Crippen molar-refractivity contribution >= 4 is 16.1 Å². The highest BCUT2D eigenvalue weighted by atomic mass is 32.2. The highest BCUT2D eigenvalue weighted by molar-refractivity contribution is 7.86. The third-order valence-electron chi connectivity index (χ3n) is 4.71. The molecule has 7 nitrogen and oxygen atoms in total. The lowest BCUT2D eigenvalue weighted by molar-refractivity contribution is -0.126. The van der Waals surface area contributed by atoms with E-state index >= 15 is 0 Å². The number of carbonyl (C=O) groups is 1. The minimum atomic E-state index is -3.38. The van der Waals surface area contributed by atoms with Gasteiger partial charge in [-0.15, -0.1) is 0 Å². The van der Waals surface area contributed by atoms with Gasteiger partial charge in [-0.3, -0.25) is 4.79 Å². The first kappa shape index (κ1) is 20.7. The molecule has 1 N–H and O–H groups in total. The number of nitrogens with one attached hydrogen (secondary N) is 1. The van der Waals surface area contributed by atoms with Crippen molar-refractivity contribution in [2.75, 3.05) is 40.8 Å². The molecule has 0 saturated carbocycles. The summed E-state index contributed by atoms with van der Waals surface area (Å²) in [5, 5.41) is 2.98. The molecule has 0 aromatic heterocycles. The molecule has 1 fully saturated rings. The van der Waals surface area contributed by atoms with Crippen LogP contribution in [0.15, 0.2) is 24.3 Å². The van der Waals surface area contributed by atoms with Crippen LogP contribution in [0.4, 0.5) is 0 Å². The summed E-state index contributed by atoms with van der Waals surface area (Å²) in [6.45, 7) is 1.41. The lowest BCUT2D eigenvalue weighted by Crippen LogP contribution is -2.46. The van der Waals surface area contributed by atoms with Crippen molar-refractivity contribution < 1.29 is 17.9 Å². The van der Waals surface area contributed by atoms with Crippen LogP contribution >= 0.6 is 0 Å². The quantitative estimate of drug-likeness (QED) is 0.686. The molecule has 0 atom stereocenters. The number of rotatable bonds is 8. The van der Waals surface area contributed by atoms with Crippen LogP contribution < -0.4 is 10.1 Å². The van der Waals surface area contributed by atoms with Crippen LogP contribution in [0, 0.1) is 5.92 Å². The van der Waals surface area contributed by atoms with Crippen molar-refractivity contribution in [3.05, 3.63) is 29.8 Å². The molecule has 2 rings (SSSR count). The predicted molar refractivity (Wildman–Crippen MR) is 101 cm³/mol. The number of carbonyl (C=O) groups excluding carboxylic acids is 1. The molecule has 1 amide bonds. The highest BCUT2D eigenvalue weighted by Gasteiger charge is 2.31. The van der Waals surface area contributed by atoms with Crippen molar-refractivity contribution in [3.63, 3.8) is 0 Å². The van der Waals surface area contributed by atoms with Gasteiger partial charge in [0.15, 0.2) is 0 Å². The summed E-state index contributed by atoms with van der Waals surface area (Å²) in [7, 11) is 1.31. The Kier molecular flexibility index (Phi) is 7.43. The third-order valence-corrected chi connectivity index (χ3v) is 6.65. The molecule has 0 radical (unpaired) electrons. The van der Waals surface area contributed by atoms with E-state index in [0.29, 0.717) is 32.5 Å². The summed E-state index contributed by atoms with van der Waals surface area (Å²) in [4.78, 5) is 12.3. The Balaban J connectivity index is 1.69. The molecule has 1 aromatic rings. The molecule has 26 heavy (non-hydrogen) atoms. The number of aryl methyl sites for hydroxylation is 1. The SMILES string of the molecule is COc1ccc(CCCNC(=O)C2CCN(S(=O)(=O)N(C)C)CC2)cc1. The van der Waals surface area contributed by atoms with E-state index in [0.717, 1.165) is 18.6 Å². The topological polar surface area (TPSA) is 79.0 Å². The summed E-state index contributed by atoms with van der Waals surface area (Å²) in [5.74, 6) is 0.760. The van der Waals surface area contributed by atoms with E-state index in [2.05, 4.69) is 5.32 Å². The fourth-order valence-electron chi connectivity index (χ4n) is 3.02. The zero-order valence-corrected chi connectivity index (χ0v) is 16.6. The van der Waals surface area contributed by atoms with Gasteiger partial charge in [-0.25, -0.2) is 0 Å². The zero-order valence-electron chi connectivity index (χ0n) is 15.8. The van der Waals surface area contributed by atoms with Crippen molar-refractivity contribution in [1.82, 2.24) is 13.9 Å². The van der Waals surface area contributed by atoms with Crippen LogP contribution in [0.25, 0.3) is 0 Å². The Hall–Kier alpha value is -1.64. The molecule has 0 spiro atoms. The van der Waals surface area contributed by atoms with Crippen LogP contribution in [-0.4, -0.2) is 63.8 Å². The fourth-order valence-corrected chi connectivity index (χ4v) is 4.15. The molecule has 0 aliphatic carbocycles. The summed E-state index contributed by atoms with van der Waals surface area (Å²) < 4.78 is 32.0. The van der Waals surface area contributed by atoms with Gasteiger partial charge in [0.05, 0.1) is 7.11 Å². The van der Waals surface area contributed by atoms with Crippen LogP contribution in [-0.2, 0) is 21.4 Å². The van der Waals surface area contributed by atoms with Gasteiger partial charge in [-0.1, -0.05) is 12.1 Å². The fraction of sp³-hybridized carbons (Fsp3) is 0.611. The Morgan fingerprint density at radius 1 is 1.23 bits per heavy atom. The molecular weight excluding hydrogens is 354 g/mol. The van der Waals surface area contributed by atoms with E-state index < -0.39 is 10.2 Å². The lowest BCUT2D eigenvalue weighted by atomic mass is 9.97. The van der Waals surface area contributed by atoms with Gasteiger partial charge in [0.2, 0.25) is 5.91 Å². The standard InChI is InChI=1S/C18H29N3O4S/c1-20(2)26(23,24)21-13-10-16(11-14-21)18(22)19-12-4-5-15-6-8-17(25-3)9-7-15/h6-9,16H,4-5,10-14H2,1-3H3,(H,19,22). The number of hydrogen-bond acceptors (Lipinski definition) is 4. The highest BCUT2D eigenvalue weighted by Crippen LogP contribution is 2.20. The van der Waals surface area contributed by atoms with E-state index in [1.54, 1.807) is 7.11 Å². The van der Waals surface area contributed by atoms with E-state index in [9.17, 15) is 13.2 Å². The number of nitrogens with zero attached hydrogens (tertiary/aromatic N) is 2. The molecule has 1 aliphatic heterocycles. The van der Waals surface area contributed by atoms with Gasteiger partial charge in [0.25, 0.3) is 10.2 Å². The van der Waals surface area contributed by atoms with E-state index in [1.165, 1.54) is 28.3 Å². The predicted octanol–water partition coefficient (Wildman–Crippen LogP) is 1.26. The third kappa shape index (κ3) is 5.43. The van der Waals surface area contributed by atoms with Crippen molar-refractivity contribution in [1.29, 1.82) is 0 Å². The summed E-state index contributed by atoms with van der Waals surface area (Å²) in [5.41, 5.74) is 1.21. The molecular formula is C18H29N3O4S. The average Bonchev–Trinajstić information content (AvgIpc) is 2.65. The smallest absolute Gasteiger partial charge is 0.281 e. The maximum atomic E-state index is 12.3. The summed E-state index contributed by atoms with van der Waals surface area (Å²) in [6.07, 6.45) is 2.89. The lowest BCUT2D eigenvalue weighted by Gasteiger charge is -2.32. The molecule has 8 heteroatoms. The van der Waals surface area contributed by atoms with Gasteiger partial charge in [0.1, 0.15) is 5.75 Å². The van der Waals surface area contributed by atoms with Crippen molar-refractivity contribution in [3.8, 4) is 5.75 Å². The minimum absolute atomic E-state index is 0.0293. The van der Waals surface area contributed by atoms with Crippen molar-refractivity contribution in [2.45, 2.75) is 25.7 Å². The Bertz CT molecular complexity index is 681. The molecule has 1 heterocycles. The zero-order chi connectivity index (χ0) is 19.2. The second kappa shape index (κ2) is 9.34. The molecule has 1 aliphatic rings. The van der Waals surface area contributed by atoms with Crippen LogP contribution in [0.2, 0.25) is 0 Å². The molecule has 146 valence electrons. The second-order valence-electron chi connectivity index (χ2n) is 6.71. The first-order chi connectivity index (χ1) is 12.3.